The Morgan fingerprint density at radius 2 is 2.00 bits per heavy atom. The summed E-state index contributed by atoms with van der Waals surface area (Å²) in [5.41, 5.74) is 2.45. The van der Waals surface area contributed by atoms with Crippen molar-refractivity contribution < 1.29 is 36.9 Å². The third-order valence-electron chi connectivity index (χ3n) is 3.19. The van der Waals surface area contributed by atoms with Gasteiger partial charge in [0.15, 0.2) is 11.5 Å². The number of carbonyl (C=O) groups excluding carboxylic acids is 1. The molecule has 6 nitrogen and oxygen atoms in total. The molecular weight excluding hydrogens is 372 g/mol. The molecule has 0 aromatic heterocycles. The summed E-state index contributed by atoms with van der Waals surface area (Å²) in [5, 5.41) is 13.3. The maximum absolute atomic E-state index is 12.9. The minimum absolute atomic E-state index is 0.127. The number of methoxy groups -OCH3 is 1. The number of alkyl halides is 4. The van der Waals surface area contributed by atoms with E-state index in [9.17, 15) is 27.5 Å². The zero-order chi connectivity index (χ0) is 20.0. The zero-order valence-electron chi connectivity index (χ0n) is 13.8. The maximum atomic E-state index is 12.9. The predicted molar refractivity (Wildman–Crippen MR) is 87.7 cm³/mol. The van der Waals surface area contributed by atoms with Gasteiger partial charge in [-0.3, -0.25) is 4.79 Å². The number of carbonyl (C=O) groups is 1. The minimum atomic E-state index is -4.68. The molecule has 0 radical (unpaired) electrons. The number of ether oxygens (including phenoxy) is 2. The molecule has 27 heavy (non-hydrogen) atoms. The average Bonchev–Trinajstić information content (AvgIpc) is 2.61. The predicted octanol–water partition coefficient (Wildman–Crippen LogP) is 3.40. The molecule has 0 aliphatic carbocycles. The van der Waals surface area contributed by atoms with Crippen molar-refractivity contribution in [3.05, 3.63) is 53.6 Å². The lowest BCUT2D eigenvalue weighted by atomic mass is 10.2. The molecule has 0 fully saturated rings. The van der Waals surface area contributed by atoms with Gasteiger partial charge in [0.05, 0.1) is 13.3 Å². The normalized spacial score (nSPS) is 11.6. The van der Waals surface area contributed by atoms with Crippen LogP contribution in [-0.4, -0.2) is 36.9 Å². The highest BCUT2D eigenvalue weighted by Crippen LogP contribution is 2.28. The van der Waals surface area contributed by atoms with Crippen LogP contribution in [0.1, 0.15) is 15.9 Å². The molecule has 0 atom stereocenters. The highest BCUT2D eigenvalue weighted by atomic mass is 19.3. The fourth-order valence-electron chi connectivity index (χ4n) is 1.92. The number of benzene rings is 2. The molecule has 0 heterocycles. The first-order valence-corrected chi connectivity index (χ1v) is 7.38. The Balaban J connectivity index is 2.04. The SMILES string of the molecule is COc1ccc(C=NNC(=O)c2cccc(OC(F)(F)C(F)F)c2)cc1O. The van der Waals surface area contributed by atoms with Crippen LogP contribution >= 0.6 is 0 Å². The number of nitrogens with one attached hydrogen (secondary N) is 1. The summed E-state index contributed by atoms with van der Waals surface area (Å²) in [6, 6.07) is 8.73. The standard InChI is InChI=1S/C17H14F4N2O4/c1-26-14-6-5-10(7-13(14)24)9-22-23-15(25)11-3-2-4-12(8-11)27-17(20,21)16(18)19/h2-9,16,24H,1H3,(H,23,25). The Bertz CT molecular complexity index is 843. The van der Waals surface area contributed by atoms with Crippen molar-refractivity contribution >= 4 is 12.1 Å². The fourth-order valence-corrected chi connectivity index (χ4v) is 1.92. The molecule has 0 saturated carbocycles. The quantitative estimate of drug-likeness (QED) is 0.434. The third kappa shape index (κ3) is 5.33. The number of nitrogens with zero attached hydrogens (tertiary/aromatic N) is 1. The van der Waals surface area contributed by atoms with Gasteiger partial charge in [-0.15, -0.1) is 0 Å². The van der Waals surface area contributed by atoms with Gasteiger partial charge in [-0.2, -0.15) is 22.7 Å². The van der Waals surface area contributed by atoms with Crippen LogP contribution in [0, 0.1) is 0 Å². The highest BCUT2D eigenvalue weighted by molar-refractivity contribution is 5.95. The second-order valence-electron chi connectivity index (χ2n) is 5.12. The van der Waals surface area contributed by atoms with Gasteiger partial charge in [0.25, 0.3) is 5.91 Å². The lowest BCUT2D eigenvalue weighted by Crippen LogP contribution is -2.33. The van der Waals surface area contributed by atoms with Gasteiger partial charge in [0.2, 0.25) is 0 Å². The summed E-state index contributed by atoms with van der Waals surface area (Å²) in [5.74, 6) is -1.25. The van der Waals surface area contributed by atoms with E-state index in [1.54, 1.807) is 6.07 Å². The van der Waals surface area contributed by atoms with Gasteiger partial charge in [0.1, 0.15) is 5.75 Å². The topological polar surface area (TPSA) is 80.2 Å². The summed E-state index contributed by atoms with van der Waals surface area (Å²) in [6.07, 6.45) is -7.47. The van der Waals surface area contributed by atoms with Gasteiger partial charge < -0.3 is 14.6 Å². The number of phenols is 1. The largest absolute Gasteiger partial charge is 0.504 e. The molecule has 0 aliphatic heterocycles. The maximum Gasteiger partial charge on any atom is 0.461 e. The molecule has 144 valence electrons. The lowest BCUT2D eigenvalue weighted by Gasteiger charge is -2.16. The molecule has 10 heteroatoms. The summed E-state index contributed by atoms with van der Waals surface area (Å²) in [4.78, 5) is 12.0. The van der Waals surface area contributed by atoms with Crippen molar-refractivity contribution in [3.63, 3.8) is 0 Å². The summed E-state index contributed by atoms with van der Waals surface area (Å²) in [6.45, 7) is 0. The molecule has 0 unspecified atom stereocenters. The van der Waals surface area contributed by atoms with Crippen molar-refractivity contribution in [2.24, 2.45) is 5.10 Å². The Kier molecular flexibility index (Phi) is 6.22. The number of halogens is 4. The van der Waals surface area contributed by atoms with Gasteiger partial charge >= 0.3 is 12.5 Å². The van der Waals surface area contributed by atoms with Gasteiger partial charge in [0, 0.05) is 5.56 Å². The number of rotatable bonds is 7. The molecule has 2 aromatic rings. The Hall–Kier alpha value is -3.30. The summed E-state index contributed by atoms with van der Waals surface area (Å²) in [7, 11) is 1.39. The molecule has 2 aromatic carbocycles. The van der Waals surface area contributed by atoms with E-state index in [0.29, 0.717) is 5.56 Å². The smallest absolute Gasteiger partial charge is 0.461 e. The molecule has 0 aliphatic rings. The first-order chi connectivity index (χ1) is 12.7. The molecule has 2 rings (SSSR count). The Labute approximate surface area is 151 Å². The van der Waals surface area contributed by atoms with Gasteiger partial charge in [-0.25, -0.2) is 5.43 Å². The second kappa shape index (κ2) is 8.39. The van der Waals surface area contributed by atoms with Crippen LogP contribution in [0.4, 0.5) is 17.6 Å². The van der Waals surface area contributed by atoms with Crippen molar-refractivity contribution in [1.82, 2.24) is 5.43 Å². The van der Waals surface area contributed by atoms with E-state index in [4.69, 9.17) is 4.74 Å². The van der Waals surface area contributed by atoms with Crippen LogP contribution in [0.15, 0.2) is 47.6 Å². The molecule has 1 amide bonds. The van der Waals surface area contributed by atoms with E-state index in [1.165, 1.54) is 37.6 Å². The summed E-state index contributed by atoms with van der Waals surface area (Å²) >= 11 is 0. The second-order valence-corrected chi connectivity index (χ2v) is 5.12. The van der Waals surface area contributed by atoms with E-state index in [-0.39, 0.29) is 17.1 Å². The van der Waals surface area contributed by atoms with Gasteiger partial charge in [-0.1, -0.05) is 6.07 Å². The Morgan fingerprint density at radius 1 is 1.26 bits per heavy atom. The van der Waals surface area contributed by atoms with Gasteiger partial charge in [-0.05, 0) is 42.0 Å². The number of aromatic hydroxyl groups is 1. The first kappa shape index (κ1) is 20.0. The van der Waals surface area contributed by atoms with E-state index in [1.807, 2.05) is 0 Å². The van der Waals surface area contributed by atoms with Crippen LogP contribution < -0.4 is 14.9 Å². The number of hydrazone groups is 1. The van der Waals surface area contributed by atoms with Crippen molar-refractivity contribution in [2.45, 2.75) is 12.5 Å². The van der Waals surface area contributed by atoms with Crippen LogP contribution in [0.3, 0.4) is 0 Å². The van der Waals surface area contributed by atoms with E-state index in [0.717, 1.165) is 12.1 Å². The number of phenolic OH excluding ortho intramolecular Hbond substituents is 1. The first-order valence-electron chi connectivity index (χ1n) is 7.38. The van der Waals surface area contributed by atoms with Crippen LogP contribution in [0.5, 0.6) is 17.2 Å². The third-order valence-corrected chi connectivity index (χ3v) is 3.19. The van der Waals surface area contributed by atoms with E-state index < -0.39 is 24.2 Å². The molecule has 0 spiro atoms. The molecular formula is C17H14F4N2O4. The highest BCUT2D eigenvalue weighted by Gasteiger charge is 2.44. The van der Waals surface area contributed by atoms with E-state index >= 15 is 0 Å². The average molecular weight is 386 g/mol. The lowest BCUT2D eigenvalue weighted by molar-refractivity contribution is -0.253. The van der Waals surface area contributed by atoms with Crippen LogP contribution in [0.2, 0.25) is 0 Å². The fraction of sp³-hybridized carbons (Fsp3) is 0.176. The number of hydrogen-bond donors (Lipinski definition) is 2. The van der Waals surface area contributed by atoms with Crippen molar-refractivity contribution in [2.75, 3.05) is 7.11 Å². The monoisotopic (exact) mass is 386 g/mol. The summed E-state index contributed by atoms with van der Waals surface area (Å²) < 4.78 is 59.0. The zero-order valence-corrected chi connectivity index (χ0v) is 13.8. The van der Waals surface area contributed by atoms with Crippen LogP contribution in [0.25, 0.3) is 0 Å². The number of hydrogen-bond acceptors (Lipinski definition) is 5. The molecule has 2 N–H and O–H groups in total. The molecule has 0 saturated heterocycles. The minimum Gasteiger partial charge on any atom is -0.504 e. The molecule has 0 bridgehead atoms. The van der Waals surface area contributed by atoms with Crippen LogP contribution in [-0.2, 0) is 0 Å². The van der Waals surface area contributed by atoms with Crippen molar-refractivity contribution in [3.8, 4) is 17.2 Å². The number of amides is 1. The Morgan fingerprint density at radius 3 is 2.63 bits per heavy atom. The van der Waals surface area contributed by atoms with Crippen molar-refractivity contribution in [1.29, 1.82) is 0 Å². The van der Waals surface area contributed by atoms with E-state index in [2.05, 4.69) is 15.3 Å².